The van der Waals surface area contributed by atoms with E-state index in [-0.39, 0.29) is 12.8 Å². The maximum Gasteiger partial charge on any atom is 0.418 e. The van der Waals surface area contributed by atoms with Crippen molar-refractivity contribution in [3.05, 3.63) is 29.1 Å². The number of alkyl halides is 4. The topological polar surface area (TPSA) is 33.2 Å². The third kappa shape index (κ3) is 3.53. The smallest absolute Gasteiger partial charge is 0.299 e. The number of carbonyl (C=O) groups excluding carboxylic acids is 1. The number of carbonyl (C=O) groups is 1. The molecule has 0 saturated carbocycles. The molecule has 1 saturated heterocycles. The molecule has 0 N–H and O–H groups in total. The van der Waals surface area contributed by atoms with E-state index in [2.05, 4.69) is 4.98 Å². The maximum absolute atomic E-state index is 13.0. The number of aromatic nitrogens is 1. The lowest BCUT2D eigenvalue weighted by atomic mass is 10.1. The van der Waals surface area contributed by atoms with Crippen molar-refractivity contribution < 1.29 is 22.4 Å². The van der Waals surface area contributed by atoms with E-state index < -0.39 is 23.6 Å². The van der Waals surface area contributed by atoms with Crippen molar-refractivity contribution in [1.82, 2.24) is 9.88 Å². The van der Waals surface area contributed by atoms with Crippen molar-refractivity contribution in [3.8, 4) is 0 Å². The first-order valence-corrected chi connectivity index (χ1v) is 6.28. The average Bonchev–Trinajstić information content (AvgIpc) is 2.40. The lowest BCUT2D eigenvalue weighted by Gasteiger charge is -2.28. The lowest BCUT2D eigenvalue weighted by molar-refractivity contribution is -0.138. The minimum atomic E-state index is -4.61. The van der Waals surface area contributed by atoms with Crippen LogP contribution in [-0.2, 0) is 12.7 Å². The summed E-state index contributed by atoms with van der Waals surface area (Å²) in [5.74, 6) is 0. The maximum atomic E-state index is 13.0. The van der Waals surface area contributed by atoms with E-state index in [0.29, 0.717) is 31.5 Å². The second kappa shape index (κ2) is 5.87. The van der Waals surface area contributed by atoms with Gasteiger partial charge in [0.15, 0.2) is 6.29 Å². The molecule has 2 heterocycles. The zero-order valence-electron chi connectivity index (χ0n) is 10.7. The molecule has 1 fully saturated rings. The van der Waals surface area contributed by atoms with Gasteiger partial charge in [0.05, 0.1) is 5.56 Å². The molecule has 0 amide bonds. The molecule has 1 aromatic heterocycles. The highest BCUT2D eigenvalue weighted by Crippen LogP contribution is 2.31. The van der Waals surface area contributed by atoms with Crippen LogP contribution in [0, 0.1) is 0 Å². The molecule has 0 radical (unpaired) electrons. The molecule has 0 unspecified atom stereocenters. The van der Waals surface area contributed by atoms with Gasteiger partial charge in [-0.3, -0.25) is 14.7 Å². The Morgan fingerprint density at radius 3 is 2.55 bits per heavy atom. The number of halogens is 4. The molecule has 20 heavy (non-hydrogen) atoms. The van der Waals surface area contributed by atoms with Crippen molar-refractivity contribution in [1.29, 1.82) is 0 Å². The van der Waals surface area contributed by atoms with Gasteiger partial charge in [0.1, 0.15) is 11.9 Å². The standard InChI is InChI=1S/C13H14F4N2O/c14-10-1-3-19(4-2-10)7-9-5-11(13(15,16)17)12(8-20)18-6-9/h5-6,8,10H,1-4,7H2. The number of piperidine rings is 1. The summed E-state index contributed by atoms with van der Waals surface area (Å²) in [7, 11) is 0. The van der Waals surface area contributed by atoms with Crippen LogP contribution in [0.2, 0.25) is 0 Å². The Balaban J connectivity index is 2.15. The molecule has 1 aliphatic heterocycles. The Morgan fingerprint density at radius 2 is 2.00 bits per heavy atom. The molecule has 1 aliphatic rings. The van der Waals surface area contributed by atoms with Crippen LogP contribution >= 0.6 is 0 Å². The van der Waals surface area contributed by atoms with Crippen LogP contribution in [0.4, 0.5) is 17.6 Å². The summed E-state index contributed by atoms with van der Waals surface area (Å²) in [6, 6.07) is 0.943. The van der Waals surface area contributed by atoms with Crippen LogP contribution in [0.1, 0.15) is 34.5 Å². The average molecular weight is 290 g/mol. The van der Waals surface area contributed by atoms with Gasteiger partial charge in [-0.15, -0.1) is 0 Å². The van der Waals surface area contributed by atoms with Gasteiger partial charge in [-0.1, -0.05) is 0 Å². The highest BCUT2D eigenvalue weighted by Gasteiger charge is 2.34. The van der Waals surface area contributed by atoms with Crippen molar-refractivity contribution >= 4 is 6.29 Å². The van der Waals surface area contributed by atoms with E-state index in [4.69, 9.17) is 0 Å². The third-order valence-corrected chi connectivity index (χ3v) is 3.32. The second-order valence-electron chi connectivity index (χ2n) is 4.84. The third-order valence-electron chi connectivity index (χ3n) is 3.32. The van der Waals surface area contributed by atoms with Gasteiger partial charge in [-0.05, 0) is 24.5 Å². The van der Waals surface area contributed by atoms with Crippen LogP contribution in [0.5, 0.6) is 0 Å². The Hall–Kier alpha value is -1.50. The Bertz CT molecular complexity index is 482. The normalized spacial score (nSPS) is 18.2. The first kappa shape index (κ1) is 14.9. The Kier molecular flexibility index (Phi) is 4.37. The summed E-state index contributed by atoms with van der Waals surface area (Å²) in [5.41, 5.74) is -1.26. The van der Waals surface area contributed by atoms with E-state index >= 15 is 0 Å². The molecular weight excluding hydrogens is 276 g/mol. The Labute approximate surface area is 113 Å². The first-order chi connectivity index (χ1) is 9.40. The van der Waals surface area contributed by atoms with Crippen molar-refractivity contribution in [2.45, 2.75) is 31.7 Å². The fourth-order valence-electron chi connectivity index (χ4n) is 2.24. The van der Waals surface area contributed by atoms with Crippen LogP contribution in [0.3, 0.4) is 0 Å². The zero-order chi connectivity index (χ0) is 14.8. The highest BCUT2D eigenvalue weighted by atomic mass is 19.4. The molecule has 7 heteroatoms. The largest absolute Gasteiger partial charge is 0.418 e. The van der Waals surface area contributed by atoms with Gasteiger partial charge in [0.2, 0.25) is 0 Å². The van der Waals surface area contributed by atoms with Gasteiger partial charge >= 0.3 is 6.18 Å². The minimum Gasteiger partial charge on any atom is -0.299 e. The van der Waals surface area contributed by atoms with Crippen molar-refractivity contribution in [2.75, 3.05) is 13.1 Å². The molecule has 0 atom stereocenters. The van der Waals surface area contributed by atoms with E-state index in [9.17, 15) is 22.4 Å². The fourth-order valence-corrected chi connectivity index (χ4v) is 2.24. The first-order valence-electron chi connectivity index (χ1n) is 6.28. The molecule has 1 aromatic rings. The quantitative estimate of drug-likeness (QED) is 0.634. The molecule has 0 aliphatic carbocycles. The van der Waals surface area contributed by atoms with Gasteiger partial charge in [-0.25, -0.2) is 4.39 Å². The van der Waals surface area contributed by atoms with Gasteiger partial charge in [0.25, 0.3) is 0 Å². The van der Waals surface area contributed by atoms with Crippen LogP contribution in [0.15, 0.2) is 12.3 Å². The fraction of sp³-hybridized carbons (Fsp3) is 0.538. The lowest BCUT2D eigenvalue weighted by Crippen LogP contribution is -2.34. The molecule has 110 valence electrons. The van der Waals surface area contributed by atoms with Gasteiger partial charge in [-0.2, -0.15) is 13.2 Å². The van der Waals surface area contributed by atoms with Crippen LogP contribution < -0.4 is 0 Å². The summed E-state index contributed by atoms with van der Waals surface area (Å²) in [4.78, 5) is 16.0. The number of hydrogen-bond donors (Lipinski definition) is 0. The van der Waals surface area contributed by atoms with Crippen LogP contribution in [0.25, 0.3) is 0 Å². The second-order valence-corrected chi connectivity index (χ2v) is 4.84. The van der Waals surface area contributed by atoms with Gasteiger partial charge in [0, 0.05) is 25.8 Å². The summed E-state index contributed by atoms with van der Waals surface area (Å²) in [5, 5.41) is 0. The molecule has 2 rings (SSSR count). The number of hydrogen-bond acceptors (Lipinski definition) is 3. The number of aldehydes is 1. The number of likely N-dealkylation sites (tertiary alicyclic amines) is 1. The molecular formula is C13H14F4N2O. The summed E-state index contributed by atoms with van der Waals surface area (Å²) >= 11 is 0. The van der Waals surface area contributed by atoms with E-state index in [0.717, 1.165) is 6.07 Å². The van der Waals surface area contributed by atoms with Gasteiger partial charge < -0.3 is 0 Å². The number of rotatable bonds is 3. The molecule has 3 nitrogen and oxygen atoms in total. The summed E-state index contributed by atoms with van der Waals surface area (Å²) in [6.45, 7) is 1.30. The van der Waals surface area contributed by atoms with Crippen LogP contribution in [-0.4, -0.2) is 35.4 Å². The van der Waals surface area contributed by atoms with Crippen molar-refractivity contribution in [3.63, 3.8) is 0 Å². The number of nitrogens with zero attached hydrogens (tertiary/aromatic N) is 2. The van der Waals surface area contributed by atoms with E-state index in [1.807, 2.05) is 4.90 Å². The summed E-state index contributed by atoms with van der Waals surface area (Å²) in [6.07, 6.45) is -3.28. The number of pyridine rings is 1. The molecule has 0 aromatic carbocycles. The predicted molar refractivity (Wildman–Crippen MR) is 64.0 cm³/mol. The van der Waals surface area contributed by atoms with Crippen molar-refractivity contribution in [2.24, 2.45) is 0 Å². The SMILES string of the molecule is O=Cc1ncc(CN2CCC(F)CC2)cc1C(F)(F)F. The minimum absolute atomic E-state index is 0.0984. The Morgan fingerprint density at radius 1 is 1.35 bits per heavy atom. The molecule has 0 spiro atoms. The monoisotopic (exact) mass is 290 g/mol. The summed E-state index contributed by atoms with van der Waals surface area (Å²) < 4.78 is 51.3. The molecule has 0 bridgehead atoms. The highest BCUT2D eigenvalue weighted by molar-refractivity contribution is 5.74. The zero-order valence-corrected chi connectivity index (χ0v) is 10.7. The predicted octanol–water partition coefficient (Wildman–Crippen LogP) is 2.85. The van der Waals surface area contributed by atoms with E-state index in [1.165, 1.54) is 6.20 Å². The van der Waals surface area contributed by atoms with E-state index in [1.54, 1.807) is 0 Å².